The van der Waals surface area contributed by atoms with E-state index >= 15 is 0 Å². The molecule has 0 saturated carbocycles. The van der Waals surface area contributed by atoms with Crippen molar-refractivity contribution in [2.24, 2.45) is 0 Å². The Labute approximate surface area is 244 Å². The highest BCUT2D eigenvalue weighted by molar-refractivity contribution is 6.22. The second-order valence-electron chi connectivity index (χ2n) is 9.15. The summed E-state index contributed by atoms with van der Waals surface area (Å²) in [7, 11) is 1.36. The van der Waals surface area contributed by atoms with Crippen LogP contribution in [0.3, 0.4) is 0 Å². The molecule has 0 unspecified atom stereocenters. The average Bonchev–Trinajstić information content (AvgIpc) is 2.94. The zero-order valence-electron chi connectivity index (χ0n) is 23.2. The maximum Gasteiger partial charge on any atom is 0.453 e. The van der Waals surface area contributed by atoms with Crippen LogP contribution in [0, 0.1) is 0 Å². The zero-order valence-corrected chi connectivity index (χ0v) is 23.2. The molecular formula is C30H29F5N2O6. The van der Waals surface area contributed by atoms with Crippen LogP contribution in [0.25, 0.3) is 11.6 Å². The van der Waals surface area contributed by atoms with Crippen LogP contribution in [0.4, 0.5) is 33.3 Å². The molecule has 0 atom stereocenters. The van der Waals surface area contributed by atoms with E-state index in [-0.39, 0.29) is 41.6 Å². The van der Waals surface area contributed by atoms with Gasteiger partial charge < -0.3 is 30.4 Å². The van der Waals surface area contributed by atoms with Gasteiger partial charge in [-0.3, -0.25) is 0 Å². The molecule has 0 saturated heterocycles. The van der Waals surface area contributed by atoms with Crippen LogP contribution in [0.5, 0.6) is 17.2 Å². The lowest BCUT2D eigenvalue weighted by Gasteiger charge is -2.19. The lowest BCUT2D eigenvalue weighted by Crippen LogP contribution is -2.36. The van der Waals surface area contributed by atoms with Crippen molar-refractivity contribution >= 4 is 35.0 Å². The molecule has 0 spiro atoms. The van der Waals surface area contributed by atoms with Crippen molar-refractivity contribution in [2.45, 2.75) is 31.9 Å². The smallest absolute Gasteiger partial charge is 0.453 e. The Bertz CT molecular complexity index is 1450. The van der Waals surface area contributed by atoms with Crippen molar-refractivity contribution in [3.8, 4) is 17.2 Å². The molecule has 0 aliphatic heterocycles. The second kappa shape index (κ2) is 13.9. The molecule has 0 bridgehead atoms. The van der Waals surface area contributed by atoms with E-state index in [0.29, 0.717) is 22.5 Å². The number of carbonyl (C=O) groups excluding carboxylic acids is 2. The van der Waals surface area contributed by atoms with Crippen LogP contribution >= 0.6 is 0 Å². The summed E-state index contributed by atoms with van der Waals surface area (Å²) in [6.45, 7) is 1.43. The van der Waals surface area contributed by atoms with Crippen LogP contribution in [-0.2, 0) is 9.53 Å². The predicted molar refractivity (Wildman–Crippen MR) is 150 cm³/mol. The van der Waals surface area contributed by atoms with Gasteiger partial charge in [0.25, 0.3) is 0 Å². The lowest BCUT2D eigenvalue weighted by atomic mass is 10.0. The lowest BCUT2D eigenvalue weighted by molar-refractivity contribution is -0.284. The van der Waals surface area contributed by atoms with Crippen LogP contribution in [0.2, 0.25) is 0 Å². The minimum atomic E-state index is -5.62. The first-order chi connectivity index (χ1) is 20.2. The quantitative estimate of drug-likeness (QED) is 0.0452. The summed E-state index contributed by atoms with van der Waals surface area (Å²) >= 11 is 0. The summed E-state index contributed by atoms with van der Waals surface area (Å²) < 4.78 is 84.0. The molecule has 0 fully saturated rings. The molecule has 13 heteroatoms. The number of hydrogen-bond donors (Lipinski definition) is 2. The number of anilines is 2. The van der Waals surface area contributed by atoms with E-state index in [1.807, 2.05) is 0 Å². The highest BCUT2D eigenvalue weighted by atomic mass is 19.4. The van der Waals surface area contributed by atoms with Gasteiger partial charge in [-0.15, -0.1) is 0 Å². The van der Waals surface area contributed by atoms with E-state index in [2.05, 4.69) is 0 Å². The van der Waals surface area contributed by atoms with Crippen molar-refractivity contribution in [1.82, 2.24) is 0 Å². The first-order valence-electron chi connectivity index (χ1n) is 12.9. The maximum atomic E-state index is 13.0. The van der Waals surface area contributed by atoms with E-state index in [1.54, 1.807) is 37.3 Å². The van der Waals surface area contributed by atoms with E-state index in [0.717, 1.165) is 0 Å². The van der Waals surface area contributed by atoms with Crippen molar-refractivity contribution in [3.05, 3.63) is 77.4 Å². The van der Waals surface area contributed by atoms with E-state index in [1.165, 1.54) is 43.5 Å². The molecule has 0 aliphatic rings. The molecule has 8 nitrogen and oxygen atoms in total. The molecule has 0 aromatic heterocycles. The van der Waals surface area contributed by atoms with Gasteiger partial charge >= 0.3 is 24.0 Å². The number of esters is 2. The molecule has 3 aromatic rings. The predicted octanol–water partition coefficient (Wildman–Crippen LogP) is 6.54. The average molecular weight is 609 g/mol. The third-order valence-corrected chi connectivity index (χ3v) is 5.89. The minimum Gasteiger partial charge on any atom is -0.494 e. The molecule has 3 rings (SSSR count). The van der Waals surface area contributed by atoms with Gasteiger partial charge in [-0.05, 0) is 85.1 Å². The Balaban J connectivity index is 1.71. The van der Waals surface area contributed by atoms with Gasteiger partial charge in [-0.25, -0.2) is 9.59 Å². The number of ether oxygens (including phenoxy) is 4. The number of hydrogen-bond acceptors (Lipinski definition) is 8. The normalized spacial score (nSPS) is 12.0. The number of alkyl halides is 5. The van der Waals surface area contributed by atoms with Crippen LogP contribution in [0.15, 0.2) is 60.7 Å². The highest BCUT2D eigenvalue weighted by Gasteiger charge is 2.56. The van der Waals surface area contributed by atoms with Gasteiger partial charge in [0.1, 0.15) is 5.75 Å². The van der Waals surface area contributed by atoms with Crippen molar-refractivity contribution in [1.29, 1.82) is 0 Å². The zero-order chi connectivity index (χ0) is 31.8. The second-order valence-corrected chi connectivity index (χ2v) is 9.15. The number of methoxy groups -OCH3 is 1. The molecule has 4 N–H and O–H groups in total. The molecule has 3 aromatic carbocycles. The minimum absolute atomic E-state index is 0.0708. The van der Waals surface area contributed by atoms with Crippen LogP contribution in [0.1, 0.15) is 41.3 Å². The van der Waals surface area contributed by atoms with Crippen molar-refractivity contribution in [3.63, 3.8) is 0 Å². The molecule has 0 radical (unpaired) electrons. The number of halogens is 5. The van der Waals surface area contributed by atoms with E-state index < -0.39 is 36.9 Å². The Hall–Kier alpha value is -4.81. The fraction of sp³-hybridized carbons (Fsp3) is 0.267. The van der Waals surface area contributed by atoms with Gasteiger partial charge in [0.2, 0.25) is 0 Å². The fourth-order valence-electron chi connectivity index (χ4n) is 3.80. The molecule has 230 valence electrons. The SMILES string of the molecule is CCOC(=O)C(=Cc1ccc(OC(=O)c2ccc(OCCCC(F)(F)C(F)(F)F)cc2)c(OC)c1)c1cc(N)cc(N)c1. The molecule has 43 heavy (non-hydrogen) atoms. The summed E-state index contributed by atoms with van der Waals surface area (Å²) in [5.74, 6) is -5.75. The maximum absolute atomic E-state index is 13.0. The number of benzene rings is 3. The van der Waals surface area contributed by atoms with Gasteiger partial charge in [-0.1, -0.05) is 6.07 Å². The topological polar surface area (TPSA) is 123 Å². The largest absolute Gasteiger partial charge is 0.494 e. The number of rotatable bonds is 12. The molecule has 0 aliphatic carbocycles. The Morgan fingerprint density at radius 3 is 2.09 bits per heavy atom. The van der Waals surface area contributed by atoms with Crippen LogP contribution in [-0.4, -0.2) is 44.4 Å². The van der Waals surface area contributed by atoms with Crippen LogP contribution < -0.4 is 25.7 Å². The summed E-state index contributed by atoms with van der Waals surface area (Å²) in [4.78, 5) is 25.4. The van der Waals surface area contributed by atoms with E-state index in [9.17, 15) is 31.5 Å². The highest BCUT2D eigenvalue weighted by Crippen LogP contribution is 2.39. The number of carbonyl (C=O) groups is 2. The van der Waals surface area contributed by atoms with Gasteiger partial charge in [-0.2, -0.15) is 22.0 Å². The molecule has 0 heterocycles. The molecule has 0 amide bonds. The third-order valence-electron chi connectivity index (χ3n) is 5.89. The Kier molecular flexibility index (Phi) is 10.6. The fourth-order valence-corrected chi connectivity index (χ4v) is 3.80. The first kappa shape index (κ1) is 32.7. The van der Waals surface area contributed by atoms with E-state index in [4.69, 9.17) is 30.4 Å². The summed E-state index contributed by atoms with van der Waals surface area (Å²) in [6.07, 6.45) is -6.01. The number of nitrogens with two attached hydrogens (primary N) is 2. The first-order valence-corrected chi connectivity index (χ1v) is 12.9. The standard InChI is InChI=1S/C30H29F5N2O6/c1-3-41-28(39)24(20-15-21(36)17-22(37)16-20)13-18-5-10-25(26(14-18)40-2)43-27(38)19-6-8-23(9-7-19)42-12-4-11-29(31,32)30(33,34)35/h5-10,13-17H,3-4,11-12,36-37H2,1-2H3. The Morgan fingerprint density at radius 2 is 1.51 bits per heavy atom. The number of nitrogen functional groups attached to an aromatic ring is 2. The van der Waals surface area contributed by atoms with Gasteiger partial charge in [0.05, 0.1) is 31.5 Å². The van der Waals surface area contributed by atoms with Gasteiger partial charge in [0, 0.05) is 17.8 Å². The summed E-state index contributed by atoms with van der Waals surface area (Å²) in [5.41, 5.74) is 13.7. The van der Waals surface area contributed by atoms with Crippen molar-refractivity contribution < 1.29 is 50.5 Å². The summed E-state index contributed by atoms with van der Waals surface area (Å²) in [5, 5.41) is 0. The summed E-state index contributed by atoms with van der Waals surface area (Å²) in [6, 6.07) is 14.7. The van der Waals surface area contributed by atoms with Crippen molar-refractivity contribution in [2.75, 3.05) is 31.8 Å². The monoisotopic (exact) mass is 608 g/mol. The Morgan fingerprint density at radius 1 is 0.860 bits per heavy atom. The van der Waals surface area contributed by atoms with Gasteiger partial charge in [0.15, 0.2) is 11.5 Å². The molecular weight excluding hydrogens is 579 g/mol. The third kappa shape index (κ3) is 8.84.